The van der Waals surface area contributed by atoms with Crippen LogP contribution in [-0.4, -0.2) is 65.1 Å². The van der Waals surface area contributed by atoms with E-state index in [0.717, 1.165) is 50.2 Å². The number of ether oxygens (including phenoxy) is 2. The zero-order valence-corrected chi connectivity index (χ0v) is 22.8. The second-order valence-electron chi connectivity index (χ2n) is 11.5. The van der Waals surface area contributed by atoms with E-state index in [1.54, 1.807) is 0 Å². The molecule has 0 saturated carbocycles. The first-order chi connectivity index (χ1) is 18.7. The summed E-state index contributed by atoms with van der Waals surface area (Å²) in [4.78, 5) is 19.1. The number of fused-ring (bicyclic) bond motifs is 2. The first-order valence-corrected chi connectivity index (χ1v) is 14.1. The van der Waals surface area contributed by atoms with Crippen molar-refractivity contribution in [3.63, 3.8) is 0 Å². The third-order valence-corrected chi connectivity index (χ3v) is 8.14. The average Bonchev–Trinajstić information content (AvgIpc) is 3.35. The van der Waals surface area contributed by atoms with Crippen LogP contribution in [0, 0.1) is 5.82 Å². The Kier molecular flexibility index (Phi) is 8.49. The maximum Gasteiger partial charge on any atom is 0.325 e. The Hall–Kier alpha value is -2.62. The molecule has 2 aromatic rings. The number of pyridine rings is 1. The largest absolute Gasteiger partial charge is 0.480 e. The molecule has 4 heterocycles. The molecule has 39 heavy (non-hydrogen) atoms. The summed E-state index contributed by atoms with van der Waals surface area (Å²) in [5, 5.41) is 13.6. The average molecular weight is 544 g/mol. The van der Waals surface area contributed by atoms with Gasteiger partial charge >= 0.3 is 5.97 Å². The predicted octanol–water partition coefficient (Wildman–Crippen LogP) is 5.01. The van der Waals surface area contributed by atoms with Crippen molar-refractivity contribution in [3.8, 4) is 0 Å². The van der Waals surface area contributed by atoms with Gasteiger partial charge in [-0.1, -0.05) is 6.07 Å². The molecular formula is C30H39F2N3O4. The molecule has 9 heteroatoms. The number of hydrogen-bond acceptors (Lipinski definition) is 6. The normalized spacial score (nSPS) is 22.2. The Labute approximate surface area is 228 Å². The van der Waals surface area contributed by atoms with Crippen molar-refractivity contribution in [3.05, 3.63) is 58.0 Å². The van der Waals surface area contributed by atoms with Gasteiger partial charge in [-0.3, -0.25) is 9.69 Å². The van der Waals surface area contributed by atoms with E-state index in [1.807, 2.05) is 4.90 Å². The Morgan fingerprint density at radius 3 is 2.95 bits per heavy atom. The monoisotopic (exact) mass is 543 g/mol. The molecule has 1 fully saturated rings. The Morgan fingerprint density at radius 2 is 2.15 bits per heavy atom. The molecule has 3 atom stereocenters. The molecule has 1 saturated heterocycles. The zero-order valence-electron chi connectivity index (χ0n) is 22.8. The van der Waals surface area contributed by atoms with Crippen LogP contribution < -0.4 is 5.32 Å². The van der Waals surface area contributed by atoms with Gasteiger partial charge in [0.25, 0.3) is 0 Å². The van der Waals surface area contributed by atoms with E-state index in [1.165, 1.54) is 31.5 Å². The summed E-state index contributed by atoms with van der Waals surface area (Å²) in [6.07, 6.45) is 5.09. The van der Waals surface area contributed by atoms with Crippen LogP contribution in [-0.2, 0) is 40.1 Å². The number of likely N-dealkylation sites (tertiary alicyclic amines) is 1. The van der Waals surface area contributed by atoms with Crippen molar-refractivity contribution in [2.75, 3.05) is 31.6 Å². The third-order valence-electron chi connectivity index (χ3n) is 8.14. The van der Waals surface area contributed by atoms with E-state index in [-0.39, 0.29) is 19.1 Å². The molecule has 0 spiro atoms. The number of aliphatic carboxylic acids is 1. The van der Waals surface area contributed by atoms with Crippen molar-refractivity contribution in [1.82, 2.24) is 9.88 Å². The van der Waals surface area contributed by atoms with Gasteiger partial charge in [0, 0.05) is 38.4 Å². The lowest BCUT2D eigenvalue weighted by atomic mass is 9.86. The second-order valence-corrected chi connectivity index (χ2v) is 11.5. The molecule has 0 radical (unpaired) electrons. The molecule has 1 unspecified atom stereocenters. The first-order valence-electron chi connectivity index (χ1n) is 14.1. The lowest BCUT2D eigenvalue weighted by Gasteiger charge is -2.35. The van der Waals surface area contributed by atoms with Crippen molar-refractivity contribution in [1.29, 1.82) is 0 Å². The maximum atomic E-state index is 14.7. The molecule has 3 aliphatic heterocycles. The predicted molar refractivity (Wildman–Crippen MR) is 144 cm³/mol. The molecule has 0 amide bonds. The third kappa shape index (κ3) is 6.58. The van der Waals surface area contributed by atoms with Gasteiger partial charge in [0.1, 0.15) is 23.3 Å². The van der Waals surface area contributed by atoms with Crippen LogP contribution in [0.5, 0.6) is 0 Å². The fraction of sp³-hybridized carbons (Fsp3) is 0.600. The quantitative estimate of drug-likeness (QED) is 0.408. The molecule has 3 aliphatic rings. The van der Waals surface area contributed by atoms with Gasteiger partial charge in [-0.05, 0) is 92.8 Å². The minimum Gasteiger partial charge on any atom is -0.480 e. The number of rotatable bonds is 10. The van der Waals surface area contributed by atoms with Gasteiger partial charge in [-0.2, -0.15) is 0 Å². The van der Waals surface area contributed by atoms with Crippen molar-refractivity contribution >= 4 is 11.8 Å². The summed E-state index contributed by atoms with van der Waals surface area (Å²) in [6, 6.07) is 5.93. The zero-order chi connectivity index (χ0) is 27.6. The molecule has 7 nitrogen and oxygen atoms in total. The number of carbonyl (C=O) groups is 1. The van der Waals surface area contributed by atoms with Gasteiger partial charge in [0.2, 0.25) is 0 Å². The Balaban J connectivity index is 1.16. The number of unbranched alkanes of at least 4 members (excludes halogenated alkanes) is 1. The minimum atomic E-state index is -1.60. The molecule has 1 aromatic carbocycles. The van der Waals surface area contributed by atoms with Crippen LogP contribution in [0.25, 0.3) is 0 Å². The molecular weight excluding hydrogens is 504 g/mol. The lowest BCUT2D eigenvalue weighted by Crippen LogP contribution is -2.40. The number of carboxylic acids is 1. The van der Waals surface area contributed by atoms with Gasteiger partial charge in [-0.15, -0.1) is 0 Å². The number of carboxylic acid groups (broad SMARTS) is 1. The molecule has 1 aromatic heterocycles. The number of aryl methyl sites for hydroxylation is 2. The molecule has 2 N–H and O–H groups in total. The van der Waals surface area contributed by atoms with E-state index < -0.39 is 29.6 Å². The fourth-order valence-electron chi connectivity index (χ4n) is 5.99. The highest BCUT2D eigenvalue weighted by molar-refractivity contribution is 5.76. The Morgan fingerprint density at radius 1 is 1.31 bits per heavy atom. The summed E-state index contributed by atoms with van der Waals surface area (Å²) in [5.74, 6) is -0.532. The molecule has 5 rings (SSSR count). The van der Waals surface area contributed by atoms with E-state index >= 15 is 0 Å². The molecule has 0 aliphatic carbocycles. The van der Waals surface area contributed by atoms with Crippen molar-refractivity contribution in [2.24, 2.45) is 0 Å². The minimum absolute atomic E-state index is 0.0632. The van der Waals surface area contributed by atoms with Gasteiger partial charge < -0.3 is 19.9 Å². The summed E-state index contributed by atoms with van der Waals surface area (Å²) in [6.45, 7) is 5.52. The lowest BCUT2D eigenvalue weighted by molar-refractivity contribution is -0.143. The second kappa shape index (κ2) is 11.9. The topological polar surface area (TPSA) is 83.9 Å². The van der Waals surface area contributed by atoms with Crippen LogP contribution in [0.3, 0.4) is 0 Å². The summed E-state index contributed by atoms with van der Waals surface area (Å²) in [5.41, 5.74) is 2.44. The molecule has 0 bridgehead atoms. The highest BCUT2D eigenvalue weighted by Crippen LogP contribution is 2.37. The number of nitrogens with one attached hydrogen (secondary N) is 1. The number of anilines is 1. The van der Waals surface area contributed by atoms with Gasteiger partial charge in [0.05, 0.1) is 18.8 Å². The summed E-state index contributed by atoms with van der Waals surface area (Å²) in [7, 11) is 0. The summed E-state index contributed by atoms with van der Waals surface area (Å²) < 4.78 is 41.0. The van der Waals surface area contributed by atoms with E-state index in [9.17, 15) is 18.7 Å². The number of nitrogens with zero attached hydrogens (tertiary/aromatic N) is 2. The van der Waals surface area contributed by atoms with Crippen LogP contribution in [0.2, 0.25) is 0 Å². The Bertz CT molecular complexity index is 1190. The SMILES string of the molecule is CC(C)(F)C1Cc2c(cc(F)cc2[C@H](C(=O)O)N2CC[C@@H](OCCCCc3ccc4c(n3)NCCC4)C2)CO1. The first kappa shape index (κ1) is 27.9. The van der Waals surface area contributed by atoms with E-state index in [0.29, 0.717) is 42.8 Å². The van der Waals surface area contributed by atoms with Crippen LogP contribution in [0.15, 0.2) is 24.3 Å². The number of halogens is 2. The highest BCUT2D eigenvalue weighted by Gasteiger charge is 2.39. The van der Waals surface area contributed by atoms with Crippen molar-refractivity contribution < 1.29 is 28.2 Å². The van der Waals surface area contributed by atoms with Gasteiger partial charge in [-0.25, -0.2) is 13.8 Å². The van der Waals surface area contributed by atoms with Crippen molar-refractivity contribution in [2.45, 2.75) is 89.3 Å². The standard InChI is InChI=1S/C30H39F2N3O4/c1-30(2,32)26-16-24-20(18-39-26)14-21(31)15-25(24)27(29(36)37)35-12-10-23(17-35)38-13-4-3-7-22-9-8-19-6-5-11-33-28(19)34-22/h8-9,14-15,23,26-27H,3-7,10-13,16-18H2,1-2H3,(H,33,34)(H,36,37)/t23-,26?,27-/m1/s1. The van der Waals surface area contributed by atoms with Crippen LogP contribution in [0.1, 0.15) is 73.5 Å². The number of aromatic nitrogens is 1. The number of hydrogen-bond donors (Lipinski definition) is 2. The van der Waals surface area contributed by atoms with Crippen LogP contribution >= 0.6 is 0 Å². The number of alkyl halides is 1. The van der Waals surface area contributed by atoms with E-state index in [4.69, 9.17) is 14.5 Å². The number of benzene rings is 1. The maximum absolute atomic E-state index is 14.7. The highest BCUT2D eigenvalue weighted by atomic mass is 19.1. The summed E-state index contributed by atoms with van der Waals surface area (Å²) >= 11 is 0. The van der Waals surface area contributed by atoms with Crippen LogP contribution in [0.4, 0.5) is 14.6 Å². The van der Waals surface area contributed by atoms with E-state index in [2.05, 4.69) is 17.4 Å². The molecule has 212 valence electrons. The fourth-order valence-corrected chi connectivity index (χ4v) is 5.99. The van der Waals surface area contributed by atoms with Gasteiger partial charge in [0.15, 0.2) is 0 Å². The smallest absolute Gasteiger partial charge is 0.325 e.